The van der Waals surface area contributed by atoms with Crippen molar-refractivity contribution in [1.82, 2.24) is 15.5 Å². The molecule has 1 saturated carbocycles. The molecule has 1 aliphatic carbocycles. The van der Waals surface area contributed by atoms with Crippen molar-refractivity contribution < 1.29 is 14.4 Å². The number of para-hydroxylation sites is 1. The number of carbonyl (C=O) groups excluding carboxylic acids is 1. The standard InChI is InChI=1S/C19H19N3O3/c1-11-16(10-21-25-11)19(24)22-18(13-7-15(23)8-13)14-6-12-4-2-3-5-17(12)20-9-14/h2-6,9-10,13,15,18,23H,7-8H2,1H3,(H,22,24)/t13?,15?,18-/m0/s1. The molecule has 0 bridgehead atoms. The fourth-order valence-electron chi connectivity index (χ4n) is 3.37. The van der Waals surface area contributed by atoms with Crippen molar-refractivity contribution in [2.75, 3.05) is 0 Å². The Morgan fingerprint density at radius 1 is 1.32 bits per heavy atom. The summed E-state index contributed by atoms with van der Waals surface area (Å²) in [6.07, 6.45) is 4.27. The Morgan fingerprint density at radius 2 is 2.12 bits per heavy atom. The maximum absolute atomic E-state index is 12.6. The van der Waals surface area contributed by atoms with E-state index in [0.29, 0.717) is 24.2 Å². The molecular formula is C19H19N3O3. The molecule has 1 atom stereocenters. The van der Waals surface area contributed by atoms with Crippen LogP contribution in [0.5, 0.6) is 0 Å². The molecule has 1 aliphatic rings. The summed E-state index contributed by atoms with van der Waals surface area (Å²) in [5.41, 5.74) is 2.29. The number of pyridine rings is 1. The smallest absolute Gasteiger partial charge is 0.257 e. The number of aromatic nitrogens is 2. The Morgan fingerprint density at radius 3 is 2.84 bits per heavy atom. The van der Waals surface area contributed by atoms with E-state index in [-0.39, 0.29) is 24.0 Å². The number of benzene rings is 1. The second-order valence-electron chi connectivity index (χ2n) is 6.59. The fraction of sp³-hybridized carbons (Fsp3) is 0.316. The van der Waals surface area contributed by atoms with Crippen LogP contribution in [0.15, 0.2) is 47.2 Å². The van der Waals surface area contributed by atoms with Crippen molar-refractivity contribution in [2.24, 2.45) is 5.92 Å². The summed E-state index contributed by atoms with van der Waals surface area (Å²) in [5, 5.41) is 17.5. The highest BCUT2D eigenvalue weighted by Gasteiger charge is 2.36. The number of rotatable bonds is 4. The highest BCUT2D eigenvalue weighted by atomic mass is 16.5. The van der Waals surface area contributed by atoms with Crippen LogP contribution in [0.3, 0.4) is 0 Å². The molecule has 6 nitrogen and oxygen atoms in total. The molecule has 2 heterocycles. The van der Waals surface area contributed by atoms with Gasteiger partial charge in [-0.25, -0.2) is 0 Å². The lowest BCUT2D eigenvalue weighted by Gasteiger charge is -2.38. The molecule has 128 valence electrons. The highest BCUT2D eigenvalue weighted by molar-refractivity contribution is 5.95. The molecule has 25 heavy (non-hydrogen) atoms. The molecule has 0 spiro atoms. The first-order chi connectivity index (χ1) is 12.1. The quantitative estimate of drug-likeness (QED) is 0.764. The van der Waals surface area contributed by atoms with Crippen LogP contribution in [0, 0.1) is 12.8 Å². The maximum atomic E-state index is 12.6. The zero-order valence-electron chi connectivity index (χ0n) is 13.8. The Labute approximate surface area is 144 Å². The minimum Gasteiger partial charge on any atom is -0.393 e. The summed E-state index contributed by atoms with van der Waals surface area (Å²) in [7, 11) is 0. The summed E-state index contributed by atoms with van der Waals surface area (Å²) in [5.74, 6) is 0.446. The minimum absolute atomic E-state index is 0.182. The van der Waals surface area contributed by atoms with Gasteiger partial charge >= 0.3 is 0 Å². The Balaban J connectivity index is 1.65. The molecule has 0 aliphatic heterocycles. The number of aliphatic hydroxyl groups is 1. The van der Waals surface area contributed by atoms with Gasteiger partial charge in [-0.1, -0.05) is 23.4 Å². The average molecular weight is 337 g/mol. The molecule has 6 heteroatoms. The first-order valence-corrected chi connectivity index (χ1v) is 8.36. The van der Waals surface area contributed by atoms with Crippen LogP contribution < -0.4 is 5.32 Å². The molecule has 1 fully saturated rings. The molecule has 4 rings (SSSR count). The summed E-state index contributed by atoms with van der Waals surface area (Å²) in [6.45, 7) is 1.71. The number of aryl methyl sites for hydroxylation is 1. The first kappa shape index (κ1) is 15.8. The van der Waals surface area contributed by atoms with Crippen molar-refractivity contribution in [3.05, 3.63) is 59.6 Å². The molecule has 3 aromatic rings. The predicted octanol–water partition coefficient (Wildman–Crippen LogP) is 2.77. The topological polar surface area (TPSA) is 88.3 Å². The number of amides is 1. The van der Waals surface area contributed by atoms with Gasteiger partial charge in [0.2, 0.25) is 0 Å². The number of nitrogens with zero attached hydrogens (tertiary/aromatic N) is 2. The van der Waals surface area contributed by atoms with Crippen molar-refractivity contribution in [2.45, 2.75) is 31.9 Å². The SMILES string of the molecule is Cc1oncc1C(=O)N[C@H](c1cnc2ccccc2c1)C1CC(O)C1. The van der Waals surface area contributed by atoms with Gasteiger partial charge in [0.25, 0.3) is 5.91 Å². The second-order valence-corrected chi connectivity index (χ2v) is 6.59. The zero-order chi connectivity index (χ0) is 17.4. The fourth-order valence-corrected chi connectivity index (χ4v) is 3.37. The van der Waals surface area contributed by atoms with Crippen molar-refractivity contribution in [3.8, 4) is 0 Å². The van der Waals surface area contributed by atoms with Crippen molar-refractivity contribution in [3.63, 3.8) is 0 Å². The van der Waals surface area contributed by atoms with Crippen LogP contribution >= 0.6 is 0 Å². The van der Waals surface area contributed by atoms with Gasteiger partial charge in [-0.2, -0.15) is 0 Å². The van der Waals surface area contributed by atoms with Gasteiger partial charge in [-0.3, -0.25) is 9.78 Å². The maximum Gasteiger partial charge on any atom is 0.257 e. The molecule has 2 N–H and O–H groups in total. The van der Waals surface area contributed by atoms with Crippen LogP contribution in [0.4, 0.5) is 0 Å². The van der Waals surface area contributed by atoms with Crippen LogP contribution in [-0.2, 0) is 0 Å². The van der Waals surface area contributed by atoms with E-state index in [2.05, 4.69) is 21.5 Å². The Bertz CT molecular complexity index is 915. The Hall–Kier alpha value is -2.73. The first-order valence-electron chi connectivity index (χ1n) is 8.36. The van der Waals surface area contributed by atoms with E-state index in [1.807, 2.05) is 24.3 Å². The van der Waals surface area contributed by atoms with Crippen LogP contribution in [-0.4, -0.2) is 27.3 Å². The second kappa shape index (κ2) is 6.29. The van der Waals surface area contributed by atoms with Gasteiger partial charge < -0.3 is 14.9 Å². The summed E-state index contributed by atoms with van der Waals surface area (Å²) < 4.78 is 4.99. The molecule has 0 radical (unpaired) electrons. The van der Waals surface area contributed by atoms with E-state index >= 15 is 0 Å². The molecule has 1 aromatic carbocycles. The van der Waals surface area contributed by atoms with Crippen LogP contribution in [0.25, 0.3) is 10.9 Å². The van der Waals surface area contributed by atoms with Crippen LogP contribution in [0.1, 0.15) is 40.6 Å². The monoisotopic (exact) mass is 337 g/mol. The van der Waals surface area contributed by atoms with E-state index in [0.717, 1.165) is 16.5 Å². The number of carbonyl (C=O) groups is 1. The minimum atomic E-state index is -0.296. The molecule has 0 unspecified atom stereocenters. The third kappa shape index (κ3) is 3.00. The summed E-state index contributed by atoms with van der Waals surface area (Å²) >= 11 is 0. The normalized spacial score (nSPS) is 20.9. The molecule has 1 amide bonds. The average Bonchev–Trinajstić information content (AvgIpc) is 3.03. The largest absolute Gasteiger partial charge is 0.393 e. The Kier molecular flexibility index (Phi) is 3.97. The third-order valence-electron chi connectivity index (χ3n) is 4.87. The van der Waals surface area contributed by atoms with E-state index in [1.165, 1.54) is 6.20 Å². The van der Waals surface area contributed by atoms with Gasteiger partial charge in [0.1, 0.15) is 11.3 Å². The van der Waals surface area contributed by atoms with E-state index in [1.54, 1.807) is 13.1 Å². The van der Waals surface area contributed by atoms with Gasteiger partial charge in [-0.05, 0) is 43.4 Å². The number of hydrogen-bond acceptors (Lipinski definition) is 5. The van der Waals surface area contributed by atoms with E-state index in [9.17, 15) is 9.90 Å². The molecule has 0 saturated heterocycles. The highest BCUT2D eigenvalue weighted by Crippen LogP contribution is 2.38. The summed E-state index contributed by atoms with van der Waals surface area (Å²) in [6, 6.07) is 9.73. The van der Waals surface area contributed by atoms with Crippen LogP contribution in [0.2, 0.25) is 0 Å². The molecular weight excluding hydrogens is 318 g/mol. The van der Waals surface area contributed by atoms with E-state index in [4.69, 9.17) is 4.52 Å². The summed E-state index contributed by atoms with van der Waals surface area (Å²) in [4.78, 5) is 17.1. The number of fused-ring (bicyclic) bond motifs is 1. The van der Waals surface area contributed by atoms with Gasteiger partial charge in [0, 0.05) is 11.6 Å². The third-order valence-corrected chi connectivity index (χ3v) is 4.87. The van der Waals surface area contributed by atoms with E-state index < -0.39 is 0 Å². The predicted molar refractivity (Wildman–Crippen MR) is 91.9 cm³/mol. The lowest BCUT2D eigenvalue weighted by molar-refractivity contribution is 0.0235. The number of hydrogen-bond donors (Lipinski definition) is 2. The molecule has 2 aromatic heterocycles. The number of aliphatic hydroxyl groups excluding tert-OH is 1. The van der Waals surface area contributed by atoms with Gasteiger partial charge in [0.15, 0.2) is 0 Å². The van der Waals surface area contributed by atoms with Gasteiger partial charge in [-0.15, -0.1) is 0 Å². The van der Waals surface area contributed by atoms with Crippen molar-refractivity contribution in [1.29, 1.82) is 0 Å². The lowest BCUT2D eigenvalue weighted by atomic mass is 9.75. The van der Waals surface area contributed by atoms with Gasteiger partial charge in [0.05, 0.1) is 23.9 Å². The zero-order valence-corrected chi connectivity index (χ0v) is 13.8. The lowest BCUT2D eigenvalue weighted by Crippen LogP contribution is -2.41. The van der Waals surface area contributed by atoms with Crippen molar-refractivity contribution >= 4 is 16.8 Å². The number of nitrogens with one attached hydrogen (secondary N) is 1.